The van der Waals surface area contributed by atoms with Crippen molar-refractivity contribution in [3.05, 3.63) is 24.3 Å². The highest BCUT2D eigenvalue weighted by atomic mass is 16.5. The maximum Gasteiger partial charge on any atom is 0.121 e. The van der Waals surface area contributed by atoms with Gasteiger partial charge in [0, 0.05) is 43.5 Å². The Morgan fingerprint density at radius 2 is 2.14 bits per heavy atom. The molecule has 1 heterocycles. The van der Waals surface area contributed by atoms with Crippen LogP contribution in [0.15, 0.2) is 24.3 Å². The second-order valence-electron chi connectivity index (χ2n) is 6.22. The lowest BCUT2D eigenvalue weighted by Gasteiger charge is -2.20. The number of nitrogens with one attached hydrogen (secondary N) is 1. The predicted molar refractivity (Wildman–Crippen MR) is 85.0 cm³/mol. The van der Waals surface area contributed by atoms with Crippen molar-refractivity contribution in [3.63, 3.8) is 0 Å². The summed E-state index contributed by atoms with van der Waals surface area (Å²) in [6.45, 7) is 4.73. The molecule has 4 nitrogen and oxygen atoms in total. The molecule has 4 heteroatoms. The van der Waals surface area contributed by atoms with Crippen LogP contribution >= 0.6 is 0 Å². The largest absolute Gasteiger partial charge is 0.491 e. The van der Waals surface area contributed by atoms with E-state index in [1.807, 2.05) is 12.1 Å². The van der Waals surface area contributed by atoms with E-state index in [0.717, 1.165) is 17.5 Å². The van der Waals surface area contributed by atoms with Gasteiger partial charge in [0.25, 0.3) is 0 Å². The summed E-state index contributed by atoms with van der Waals surface area (Å²) in [6, 6.07) is 10.4. The third kappa shape index (κ3) is 3.89. The summed E-state index contributed by atoms with van der Waals surface area (Å²) in [5.41, 5.74) is 1.15. The summed E-state index contributed by atoms with van der Waals surface area (Å²) in [7, 11) is 1.69. The van der Waals surface area contributed by atoms with Crippen molar-refractivity contribution < 1.29 is 9.47 Å². The van der Waals surface area contributed by atoms with Crippen LogP contribution in [0.2, 0.25) is 0 Å². The molecule has 1 aliphatic carbocycles. The highest BCUT2D eigenvalue weighted by Crippen LogP contribution is 2.34. The van der Waals surface area contributed by atoms with E-state index in [0.29, 0.717) is 25.3 Å². The van der Waals surface area contributed by atoms with Gasteiger partial charge in [-0.05, 0) is 38.3 Å². The first-order valence-electron chi connectivity index (χ1n) is 8.00. The minimum absolute atomic E-state index is 0.551. The minimum Gasteiger partial charge on any atom is -0.491 e. The SMILES string of the molecule is COCCOc1cccc(NC2CC(C)N(C3CC3)C2)c1. The van der Waals surface area contributed by atoms with Crippen molar-refractivity contribution in [2.45, 2.75) is 44.3 Å². The van der Waals surface area contributed by atoms with Gasteiger partial charge in [0.15, 0.2) is 0 Å². The van der Waals surface area contributed by atoms with Gasteiger partial charge in [0.05, 0.1) is 6.61 Å². The molecule has 2 unspecified atom stereocenters. The van der Waals surface area contributed by atoms with E-state index in [1.54, 1.807) is 7.11 Å². The quantitative estimate of drug-likeness (QED) is 0.783. The molecule has 1 saturated heterocycles. The van der Waals surface area contributed by atoms with Crippen LogP contribution in [0.1, 0.15) is 26.2 Å². The van der Waals surface area contributed by atoms with E-state index >= 15 is 0 Å². The summed E-state index contributed by atoms with van der Waals surface area (Å²) in [4.78, 5) is 2.66. The van der Waals surface area contributed by atoms with E-state index in [2.05, 4.69) is 29.3 Å². The summed E-state index contributed by atoms with van der Waals surface area (Å²) in [5, 5.41) is 3.66. The smallest absolute Gasteiger partial charge is 0.121 e. The highest BCUT2D eigenvalue weighted by molar-refractivity contribution is 5.49. The fraction of sp³-hybridized carbons (Fsp3) is 0.647. The number of nitrogens with zero attached hydrogens (tertiary/aromatic N) is 1. The van der Waals surface area contributed by atoms with E-state index in [1.165, 1.54) is 25.8 Å². The first kappa shape index (κ1) is 14.7. The van der Waals surface area contributed by atoms with Gasteiger partial charge in [-0.1, -0.05) is 6.07 Å². The molecule has 0 spiro atoms. The van der Waals surface area contributed by atoms with E-state index in [-0.39, 0.29) is 0 Å². The Hall–Kier alpha value is -1.26. The molecule has 1 aliphatic heterocycles. The van der Waals surface area contributed by atoms with Gasteiger partial charge < -0.3 is 14.8 Å². The second-order valence-corrected chi connectivity index (χ2v) is 6.22. The van der Waals surface area contributed by atoms with E-state index in [4.69, 9.17) is 9.47 Å². The summed E-state index contributed by atoms with van der Waals surface area (Å²) in [6.07, 6.45) is 4.00. The fourth-order valence-electron chi connectivity index (χ4n) is 3.23. The predicted octanol–water partition coefficient (Wildman–Crippen LogP) is 2.75. The molecule has 21 heavy (non-hydrogen) atoms. The van der Waals surface area contributed by atoms with Crippen molar-refractivity contribution >= 4 is 5.69 Å². The van der Waals surface area contributed by atoms with Crippen LogP contribution in [0.25, 0.3) is 0 Å². The zero-order valence-corrected chi connectivity index (χ0v) is 13.0. The Balaban J connectivity index is 1.53. The van der Waals surface area contributed by atoms with Crippen LogP contribution in [0.4, 0.5) is 5.69 Å². The first-order valence-corrected chi connectivity index (χ1v) is 8.00. The Morgan fingerprint density at radius 1 is 1.29 bits per heavy atom. The molecule has 3 rings (SSSR count). The van der Waals surface area contributed by atoms with Crippen molar-refractivity contribution in [2.24, 2.45) is 0 Å². The minimum atomic E-state index is 0.551. The average Bonchev–Trinajstić information content (AvgIpc) is 3.24. The van der Waals surface area contributed by atoms with Gasteiger partial charge in [0.1, 0.15) is 12.4 Å². The van der Waals surface area contributed by atoms with Crippen LogP contribution in [0.5, 0.6) is 5.75 Å². The third-order valence-corrected chi connectivity index (χ3v) is 4.40. The molecule has 1 aromatic rings. The van der Waals surface area contributed by atoms with Gasteiger partial charge >= 0.3 is 0 Å². The maximum absolute atomic E-state index is 5.67. The molecule has 2 atom stereocenters. The zero-order valence-electron chi connectivity index (χ0n) is 13.0. The maximum atomic E-state index is 5.67. The molecule has 1 N–H and O–H groups in total. The molecule has 0 bridgehead atoms. The average molecular weight is 290 g/mol. The Bertz CT molecular complexity index is 462. The summed E-state index contributed by atoms with van der Waals surface area (Å²) >= 11 is 0. The van der Waals surface area contributed by atoms with E-state index in [9.17, 15) is 0 Å². The number of hydrogen-bond acceptors (Lipinski definition) is 4. The molecular weight excluding hydrogens is 264 g/mol. The summed E-state index contributed by atoms with van der Waals surface area (Å²) < 4.78 is 10.7. The third-order valence-electron chi connectivity index (χ3n) is 4.40. The zero-order chi connectivity index (χ0) is 14.7. The van der Waals surface area contributed by atoms with Gasteiger partial charge in [-0.15, -0.1) is 0 Å². The van der Waals surface area contributed by atoms with Crippen LogP contribution in [-0.2, 0) is 4.74 Å². The molecule has 116 valence electrons. The molecule has 0 radical (unpaired) electrons. The number of hydrogen-bond donors (Lipinski definition) is 1. The Morgan fingerprint density at radius 3 is 2.90 bits per heavy atom. The number of rotatable bonds is 7. The lowest BCUT2D eigenvalue weighted by molar-refractivity contribution is 0.146. The number of likely N-dealkylation sites (tertiary alicyclic amines) is 1. The number of methoxy groups -OCH3 is 1. The molecular formula is C17H26N2O2. The highest BCUT2D eigenvalue weighted by Gasteiger charge is 2.38. The first-order chi connectivity index (χ1) is 10.3. The molecule has 0 amide bonds. The van der Waals surface area contributed by atoms with Crippen molar-refractivity contribution in [1.29, 1.82) is 0 Å². The number of benzene rings is 1. The summed E-state index contributed by atoms with van der Waals surface area (Å²) in [5.74, 6) is 0.905. The lowest BCUT2D eigenvalue weighted by Crippen LogP contribution is -2.31. The van der Waals surface area contributed by atoms with Gasteiger partial charge in [-0.3, -0.25) is 4.90 Å². The molecule has 2 aliphatic rings. The van der Waals surface area contributed by atoms with Crippen LogP contribution in [0, 0.1) is 0 Å². The van der Waals surface area contributed by atoms with Crippen LogP contribution < -0.4 is 10.1 Å². The van der Waals surface area contributed by atoms with Crippen molar-refractivity contribution in [1.82, 2.24) is 4.90 Å². The lowest BCUT2D eigenvalue weighted by atomic mass is 10.2. The van der Waals surface area contributed by atoms with Crippen LogP contribution in [0.3, 0.4) is 0 Å². The monoisotopic (exact) mass is 290 g/mol. The molecule has 1 aromatic carbocycles. The number of ether oxygens (including phenoxy) is 2. The standard InChI is InChI=1S/C17H26N2O2/c1-13-10-15(12-19(13)16-6-7-16)18-14-4-3-5-17(11-14)21-9-8-20-2/h3-5,11,13,15-16,18H,6-10,12H2,1-2H3. The Kier molecular flexibility index (Phi) is 4.66. The van der Waals surface area contributed by atoms with Crippen LogP contribution in [-0.4, -0.2) is 49.9 Å². The molecule has 0 aromatic heterocycles. The second kappa shape index (κ2) is 6.67. The van der Waals surface area contributed by atoms with E-state index < -0.39 is 0 Å². The van der Waals surface area contributed by atoms with Crippen molar-refractivity contribution in [2.75, 3.05) is 32.2 Å². The number of anilines is 1. The fourth-order valence-corrected chi connectivity index (χ4v) is 3.23. The topological polar surface area (TPSA) is 33.7 Å². The molecule has 1 saturated carbocycles. The van der Waals surface area contributed by atoms with Gasteiger partial charge in [-0.2, -0.15) is 0 Å². The normalized spacial score (nSPS) is 26.0. The molecule has 2 fully saturated rings. The van der Waals surface area contributed by atoms with Crippen molar-refractivity contribution in [3.8, 4) is 5.75 Å². The van der Waals surface area contributed by atoms with Gasteiger partial charge in [-0.25, -0.2) is 0 Å². The van der Waals surface area contributed by atoms with Gasteiger partial charge in [0.2, 0.25) is 0 Å². The Labute approximate surface area is 127 Å².